The molecule has 1 aromatic heterocycles. The highest BCUT2D eigenvalue weighted by Gasteiger charge is 2.40. The van der Waals surface area contributed by atoms with Gasteiger partial charge in [0.05, 0.1) is 5.56 Å². The number of primary amides is 1. The molecule has 0 spiro atoms. The Labute approximate surface area is 129 Å². The molecule has 1 aromatic rings. The van der Waals surface area contributed by atoms with E-state index < -0.39 is 5.91 Å². The van der Waals surface area contributed by atoms with Crippen LogP contribution in [0.3, 0.4) is 0 Å². The number of carbonyl (C=O) groups excluding carboxylic acids is 2. The van der Waals surface area contributed by atoms with Gasteiger partial charge in [0, 0.05) is 10.8 Å². The van der Waals surface area contributed by atoms with Crippen LogP contribution in [0, 0.1) is 17.8 Å². The number of anilines is 1. The van der Waals surface area contributed by atoms with Crippen LogP contribution in [0.25, 0.3) is 0 Å². The highest BCUT2D eigenvalue weighted by molar-refractivity contribution is 7.17. The molecule has 4 nitrogen and oxygen atoms in total. The van der Waals surface area contributed by atoms with E-state index in [1.165, 1.54) is 4.88 Å². The largest absolute Gasteiger partial charge is 0.365 e. The highest BCUT2D eigenvalue weighted by atomic mass is 32.1. The number of hydrogen-bond donors (Lipinski definition) is 2. The van der Waals surface area contributed by atoms with Gasteiger partial charge in [-0.15, -0.1) is 11.3 Å². The van der Waals surface area contributed by atoms with Crippen molar-refractivity contribution >= 4 is 28.2 Å². The minimum Gasteiger partial charge on any atom is -0.365 e. The average Bonchev–Trinajstić information content (AvgIpc) is 3.06. The quantitative estimate of drug-likeness (QED) is 0.897. The number of thiophene rings is 1. The molecule has 0 radical (unpaired) electrons. The van der Waals surface area contributed by atoms with E-state index in [1.807, 2.05) is 0 Å². The number of rotatable bonds is 4. The molecule has 2 aliphatic carbocycles. The summed E-state index contributed by atoms with van der Waals surface area (Å²) < 4.78 is 0. The molecule has 1 heterocycles. The summed E-state index contributed by atoms with van der Waals surface area (Å²) in [7, 11) is 0. The molecule has 5 heteroatoms. The predicted molar refractivity (Wildman–Crippen MR) is 84.5 cm³/mol. The molecular weight excluding hydrogens is 284 g/mol. The Kier molecular flexibility index (Phi) is 3.78. The lowest BCUT2D eigenvalue weighted by Crippen LogP contribution is -2.20. The van der Waals surface area contributed by atoms with Crippen LogP contribution in [0.2, 0.25) is 0 Å². The average molecular weight is 306 g/mol. The van der Waals surface area contributed by atoms with E-state index in [2.05, 4.69) is 19.2 Å². The number of fused-ring (bicyclic) bond motifs is 1. The van der Waals surface area contributed by atoms with Crippen molar-refractivity contribution in [2.75, 3.05) is 5.32 Å². The first-order valence-electron chi connectivity index (χ1n) is 7.76. The van der Waals surface area contributed by atoms with Gasteiger partial charge in [-0.1, -0.05) is 20.3 Å². The van der Waals surface area contributed by atoms with Crippen molar-refractivity contribution in [3.63, 3.8) is 0 Å². The van der Waals surface area contributed by atoms with Crippen LogP contribution < -0.4 is 11.1 Å². The molecule has 1 saturated carbocycles. The normalized spacial score (nSPS) is 27.0. The van der Waals surface area contributed by atoms with Gasteiger partial charge in [0.25, 0.3) is 5.91 Å². The third-order valence-electron chi connectivity index (χ3n) is 4.87. The van der Waals surface area contributed by atoms with E-state index >= 15 is 0 Å². The molecular formula is C16H22N2O2S. The van der Waals surface area contributed by atoms with Gasteiger partial charge in [-0.2, -0.15) is 0 Å². The molecule has 3 N–H and O–H groups in total. The summed E-state index contributed by atoms with van der Waals surface area (Å²) in [6, 6.07) is 0. The van der Waals surface area contributed by atoms with Gasteiger partial charge in [-0.25, -0.2) is 0 Å². The molecule has 2 amide bonds. The fraction of sp³-hybridized carbons (Fsp3) is 0.625. The first kappa shape index (κ1) is 14.6. The Morgan fingerprint density at radius 1 is 1.43 bits per heavy atom. The Hall–Kier alpha value is -1.36. The molecule has 3 unspecified atom stereocenters. The molecule has 1 fully saturated rings. The Morgan fingerprint density at radius 2 is 2.14 bits per heavy atom. The standard InChI is InChI=1S/C16H22N2O2S/c1-3-9-4-5-10-12(7-9)21-16(13(10)14(17)19)18-15(20)11-6-8(11)2/h8-9,11H,3-7H2,1-2H3,(H2,17,19)(H,18,20). The number of nitrogens with one attached hydrogen (secondary N) is 1. The zero-order valence-electron chi connectivity index (χ0n) is 12.6. The topological polar surface area (TPSA) is 72.2 Å². The molecule has 21 heavy (non-hydrogen) atoms. The summed E-state index contributed by atoms with van der Waals surface area (Å²) >= 11 is 1.55. The summed E-state index contributed by atoms with van der Waals surface area (Å²) in [6.45, 7) is 4.28. The van der Waals surface area contributed by atoms with Gasteiger partial charge >= 0.3 is 0 Å². The first-order chi connectivity index (χ1) is 10.0. The Balaban J connectivity index is 1.87. The van der Waals surface area contributed by atoms with Crippen LogP contribution in [0.4, 0.5) is 5.00 Å². The van der Waals surface area contributed by atoms with Crippen LogP contribution in [0.5, 0.6) is 0 Å². The summed E-state index contributed by atoms with van der Waals surface area (Å²) in [5, 5.41) is 3.63. The summed E-state index contributed by atoms with van der Waals surface area (Å²) in [4.78, 5) is 25.2. The monoisotopic (exact) mass is 306 g/mol. The lowest BCUT2D eigenvalue weighted by molar-refractivity contribution is -0.117. The second-order valence-electron chi connectivity index (χ2n) is 6.40. The Bertz CT molecular complexity index is 593. The van der Waals surface area contributed by atoms with E-state index in [0.29, 0.717) is 22.4 Å². The second kappa shape index (κ2) is 5.44. The SMILES string of the molecule is CCC1CCc2c(sc(NC(=O)C3CC3C)c2C(N)=O)C1. The van der Waals surface area contributed by atoms with Crippen LogP contribution in [-0.2, 0) is 17.6 Å². The summed E-state index contributed by atoms with van der Waals surface area (Å²) in [5.41, 5.74) is 7.20. The third kappa shape index (κ3) is 2.71. The molecule has 3 rings (SSSR count). The lowest BCUT2D eigenvalue weighted by Gasteiger charge is -2.20. The van der Waals surface area contributed by atoms with Crippen molar-refractivity contribution in [1.82, 2.24) is 0 Å². The number of hydrogen-bond acceptors (Lipinski definition) is 3. The molecule has 0 bridgehead atoms. The van der Waals surface area contributed by atoms with E-state index in [9.17, 15) is 9.59 Å². The van der Waals surface area contributed by atoms with E-state index in [4.69, 9.17) is 5.73 Å². The number of amides is 2. The van der Waals surface area contributed by atoms with Crippen LogP contribution in [0.1, 0.15) is 53.9 Å². The van der Waals surface area contributed by atoms with Gasteiger partial charge in [0.15, 0.2) is 0 Å². The molecule has 0 aromatic carbocycles. The first-order valence-corrected chi connectivity index (χ1v) is 8.58. The van der Waals surface area contributed by atoms with Crippen LogP contribution in [-0.4, -0.2) is 11.8 Å². The fourth-order valence-electron chi connectivity index (χ4n) is 3.24. The minimum absolute atomic E-state index is 0.0376. The van der Waals surface area contributed by atoms with Crippen molar-refractivity contribution in [3.8, 4) is 0 Å². The predicted octanol–water partition coefficient (Wildman–Crippen LogP) is 2.96. The van der Waals surface area contributed by atoms with Crippen LogP contribution in [0.15, 0.2) is 0 Å². The van der Waals surface area contributed by atoms with E-state index in [-0.39, 0.29) is 11.8 Å². The zero-order valence-corrected chi connectivity index (χ0v) is 13.4. The Morgan fingerprint density at radius 3 is 2.71 bits per heavy atom. The maximum Gasteiger partial charge on any atom is 0.251 e. The minimum atomic E-state index is -0.415. The van der Waals surface area contributed by atoms with Gasteiger partial charge < -0.3 is 11.1 Å². The maximum absolute atomic E-state index is 12.1. The number of nitrogens with two attached hydrogens (primary N) is 1. The number of carbonyl (C=O) groups is 2. The molecule has 114 valence electrons. The second-order valence-corrected chi connectivity index (χ2v) is 7.50. The van der Waals surface area contributed by atoms with Gasteiger partial charge in [0.1, 0.15) is 5.00 Å². The third-order valence-corrected chi connectivity index (χ3v) is 6.04. The maximum atomic E-state index is 12.1. The van der Waals surface area contributed by atoms with Crippen molar-refractivity contribution < 1.29 is 9.59 Å². The molecule has 0 aliphatic heterocycles. The smallest absolute Gasteiger partial charge is 0.251 e. The van der Waals surface area contributed by atoms with Crippen LogP contribution >= 0.6 is 11.3 Å². The van der Waals surface area contributed by atoms with Gasteiger partial charge in [-0.05, 0) is 43.1 Å². The van der Waals surface area contributed by atoms with Gasteiger partial charge in [0.2, 0.25) is 5.91 Å². The molecule has 2 aliphatic rings. The highest BCUT2D eigenvalue weighted by Crippen LogP contribution is 2.42. The van der Waals surface area contributed by atoms with Crippen molar-refractivity contribution in [3.05, 3.63) is 16.0 Å². The van der Waals surface area contributed by atoms with Crippen molar-refractivity contribution in [2.24, 2.45) is 23.5 Å². The summed E-state index contributed by atoms with van der Waals surface area (Å²) in [6.07, 6.45) is 5.11. The molecule has 3 atom stereocenters. The van der Waals surface area contributed by atoms with Crippen molar-refractivity contribution in [2.45, 2.75) is 46.0 Å². The van der Waals surface area contributed by atoms with E-state index in [1.54, 1.807) is 11.3 Å². The lowest BCUT2D eigenvalue weighted by atomic mass is 9.85. The molecule has 0 saturated heterocycles. The van der Waals surface area contributed by atoms with Crippen molar-refractivity contribution in [1.29, 1.82) is 0 Å². The fourth-order valence-corrected chi connectivity index (χ4v) is 4.61. The van der Waals surface area contributed by atoms with Gasteiger partial charge in [-0.3, -0.25) is 9.59 Å². The zero-order chi connectivity index (χ0) is 15.1. The summed E-state index contributed by atoms with van der Waals surface area (Å²) in [5.74, 6) is 0.871. The van der Waals surface area contributed by atoms with E-state index in [0.717, 1.165) is 37.7 Å².